The van der Waals surface area contributed by atoms with Gasteiger partial charge in [0.15, 0.2) is 0 Å². The minimum Gasteiger partial charge on any atom is -0.497 e. The van der Waals surface area contributed by atoms with Gasteiger partial charge < -0.3 is 19.3 Å². The molecule has 5 nitrogen and oxygen atoms in total. The van der Waals surface area contributed by atoms with Gasteiger partial charge in [-0.05, 0) is 18.2 Å². The Morgan fingerprint density at radius 1 is 1.30 bits per heavy atom. The van der Waals surface area contributed by atoms with E-state index in [1.54, 1.807) is 0 Å². The van der Waals surface area contributed by atoms with Gasteiger partial charge in [0, 0.05) is 0 Å². The van der Waals surface area contributed by atoms with Crippen molar-refractivity contribution >= 4 is 5.97 Å². The van der Waals surface area contributed by atoms with Crippen LogP contribution in [0, 0.1) is 0 Å². The zero-order valence-corrected chi connectivity index (χ0v) is 10.6. The number of carboxylic acids is 1. The first kappa shape index (κ1) is 16.1. The third-order valence-corrected chi connectivity index (χ3v) is 2.17. The molecule has 0 amide bonds. The van der Waals surface area contributed by atoms with Gasteiger partial charge >= 0.3 is 12.1 Å². The van der Waals surface area contributed by atoms with Crippen LogP contribution in [-0.2, 0) is 4.74 Å². The highest BCUT2D eigenvalue weighted by Crippen LogP contribution is 2.24. The standard InChI is InChI=1S/C12H13F3O5/c1-18-8-2-3-10(9(6-8)11(16)17)20-5-4-19-7-12(13,14)15/h2-3,6H,4-5,7H2,1H3,(H,16,17). The van der Waals surface area contributed by atoms with Gasteiger partial charge in [0.1, 0.15) is 30.3 Å². The molecular weight excluding hydrogens is 281 g/mol. The lowest BCUT2D eigenvalue weighted by Crippen LogP contribution is -2.19. The van der Waals surface area contributed by atoms with Crippen molar-refractivity contribution in [2.75, 3.05) is 26.9 Å². The van der Waals surface area contributed by atoms with Gasteiger partial charge in [-0.3, -0.25) is 0 Å². The van der Waals surface area contributed by atoms with Crippen molar-refractivity contribution in [3.05, 3.63) is 23.8 Å². The summed E-state index contributed by atoms with van der Waals surface area (Å²) in [5.74, 6) is -0.855. The van der Waals surface area contributed by atoms with Gasteiger partial charge in [-0.15, -0.1) is 0 Å². The van der Waals surface area contributed by atoms with Crippen molar-refractivity contribution in [3.8, 4) is 11.5 Å². The van der Waals surface area contributed by atoms with Gasteiger partial charge in [-0.25, -0.2) is 4.79 Å². The van der Waals surface area contributed by atoms with Crippen LogP contribution in [0.4, 0.5) is 13.2 Å². The molecule has 0 unspecified atom stereocenters. The lowest BCUT2D eigenvalue weighted by atomic mass is 10.2. The maximum absolute atomic E-state index is 11.8. The third kappa shape index (κ3) is 5.35. The van der Waals surface area contributed by atoms with E-state index in [1.807, 2.05) is 0 Å². The summed E-state index contributed by atoms with van der Waals surface area (Å²) in [4.78, 5) is 11.0. The molecule has 1 aromatic carbocycles. The molecule has 0 saturated heterocycles. The Morgan fingerprint density at radius 3 is 2.55 bits per heavy atom. The van der Waals surface area contributed by atoms with Gasteiger partial charge in [-0.2, -0.15) is 13.2 Å². The Hall–Kier alpha value is -1.96. The van der Waals surface area contributed by atoms with E-state index in [2.05, 4.69) is 4.74 Å². The number of alkyl halides is 3. The molecule has 1 rings (SSSR count). The van der Waals surface area contributed by atoms with E-state index in [1.165, 1.54) is 25.3 Å². The summed E-state index contributed by atoms with van der Waals surface area (Å²) in [5.41, 5.74) is -0.139. The van der Waals surface area contributed by atoms with E-state index in [4.69, 9.17) is 14.6 Å². The van der Waals surface area contributed by atoms with Crippen LogP contribution in [0.2, 0.25) is 0 Å². The Morgan fingerprint density at radius 2 is 2.00 bits per heavy atom. The van der Waals surface area contributed by atoms with Crippen molar-refractivity contribution in [3.63, 3.8) is 0 Å². The second-order valence-corrected chi connectivity index (χ2v) is 3.68. The molecule has 0 aliphatic rings. The number of hydrogen-bond donors (Lipinski definition) is 1. The number of carbonyl (C=O) groups is 1. The molecule has 0 radical (unpaired) electrons. The van der Waals surface area contributed by atoms with Crippen LogP contribution in [0.5, 0.6) is 11.5 Å². The number of halogens is 3. The first-order valence-electron chi connectivity index (χ1n) is 5.52. The highest BCUT2D eigenvalue weighted by molar-refractivity contribution is 5.91. The van der Waals surface area contributed by atoms with Crippen LogP contribution in [0.15, 0.2) is 18.2 Å². The summed E-state index contributed by atoms with van der Waals surface area (Å²) in [6, 6.07) is 4.11. The lowest BCUT2D eigenvalue weighted by molar-refractivity contribution is -0.175. The number of aromatic carboxylic acids is 1. The Bertz CT molecular complexity index is 459. The molecule has 1 N–H and O–H groups in total. The first-order valence-corrected chi connectivity index (χ1v) is 5.52. The zero-order chi connectivity index (χ0) is 15.2. The Balaban J connectivity index is 2.53. The predicted octanol–water partition coefficient (Wildman–Crippen LogP) is 2.35. The maximum Gasteiger partial charge on any atom is 0.411 e. The molecule has 0 fully saturated rings. The molecule has 0 aliphatic carbocycles. The molecule has 8 heteroatoms. The maximum atomic E-state index is 11.8. The number of rotatable bonds is 7. The molecule has 0 aromatic heterocycles. The van der Waals surface area contributed by atoms with Crippen LogP contribution < -0.4 is 9.47 Å². The van der Waals surface area contributed by atoms with Crippen molar-refractivity contribution in [1.29, 1.82) is 0 Å². The van der Waals surface area contributed by atoms with Crippen LogP contribution in [0.3, 0.4) is 0 Å². The SMILES string of the molecule is COc1ccc(OCCOCC(F)(F)F)c(C(=O)O)c1. The van der Waals surface area contributed by atoms with Crippen LogP contribution in [0.25, 0.3) is 0 Å². The van der Waals surface area contributed by atoms with E-state index in [0.717, 1.165) is 0 Å². The van der Waals surface area contributed by atoms with E-state index in [9.17, 15) is 18.0 Å². The Kier molecular flexibility index (Phi) is 5.63. The summed E-state index contributed by atoms with van der Waals surface area (Å²) in [5, 5.41) is 8.98. The number of ether oxygens (including phenoxy) is 3. The van der Waals surface area contributed by atoms with E-state index in [-0.39, 0.29) is 24.5 Å². The molecule has 112 valence electrons. The van der Waals surface area contributed by atoms with Crippen LogP contribution >= 0.6 is 0 Å². The monoisotopic (exact) mass is 294 g/mol. The minimum absolute atomic E-state index is 0.0360. The second-order valence-electron chi connectivity index (χ2n) is 3.68. The number of benzene rings is 1. The fraction of sp³-hybridized carbons (Fsp3) is 0.417. The van der Waals surface area contributed by atoms with Crippen molar-refractivity contribution in [2.45, 2.75) is 6.18 Å². The predicted molar refractivity (Wildman–Crippen MR) is 62.3 cm³/mol. The fourth-order valence-electron chi connectivity index (χ4n) is 1.33. The number of methoxy groups -OCH3 is 1. The van der Waals surface area contributed by atoms with Crippen LogP contribution in [0.1, 0.15) is 10.4 Å². The van der Waals surface area contributed by atoms with Gasteiger partial charge in [0.2, 0.25) is 0 Å². The lowest BCUT2D eigenvalue weighted by Gasteiger charge is -2.11. The molecule has 0 atom stereocenters. The highest BCUT2D eigenvalue weighted by atomic mass is 19.4. The third-order valence-electron chi connectivity index (χ3n) is 2.17. The number of hydrogen-bond acceptors (Lipinski definition) is 4. The summed E-state index contributed by atoms with van der Waals surface area (Å²) >= 11 is 0. The minimum atomic E-state index is -4.40. The quantitative estimate of drug-likeness (QED) is 0.782. The molecular formula is C12H13F3O5. The van der Waals surface area contributed by atoms with Crippen molar-refractivity contribution in [2.24, 2.45) is 0 Å². The summed E-state index contributed by atoms with van der Waals surface area (Å²) in [6.45, 7) is -1.86. The summed E-state index contributed by atoms with van der Waals surface area (Å²) < 4.78 is 49.7. The molecule has 0 heterocycles. The first-order chi connectivity index (χ1) is 9.33. The zero-order valence-electron chi connectivity index (χ0n) is 10.6. The summed E-state index contributed by atoms with van der Waals surface area (Å²) in [6.07, 6.45) is -4.40. The molecule has 1 aromatic rings. The topological polar surface area (TPSA) is 65.0 Å². The molecule has 0 saturated carbocycles. The molecule has 0 spiro atoms. The fourth-order valence-corrected chi connectivity index (χ4v) is 1.33. The van der Waals surface area contributed by atoms with Crippen molar-refractivity contribution < 1.29 is 37.3 Å². The van der Waals surface area contributed by atoms with Crippen molar-refractivity contribution in [1.82, 2.24) is 0 Å². The second kappa shape index (κ2) is 6.99. The molecule has 20 heavy (non-hydrogen) atoms. The summed E-state index contributed by atoms with van der Waals surface area (Å²) in [7, 11) is 1.38. The van der Waals surface area contributed by atoms with Gasteiger partial charge in [-0.1, -0.05) is 0 Å². The van der Waals surface area contributed by atoms with Gasteiger partial charge in [0.25, 0.3) is 0 Å². The van der Waals surface area contributed by atoms with Crippen LogP contribution in [-0.4, -0.2) is 44.2 Å². The molecule has 0 bridgehead atoms. The largest absolute Gasteiger partial charge is 0.497 e. The van der Waals surface area contributed by atoms with E-state index < -0.39 is 18.8 Å². The smallest absolute Gasteiger partial charge is 0.411 e. The van der Waals surface area contributed by atoms with E-state index in [0.29, 0.717) is 5.75 Å². The average Bonchev–Trinajstić information content (AvgIpc) is 2.37. The number of carboxylic acid groups (broad SMARTS) is 1. The highest BCUT2D eigenvalue weighted by Gasteiger charge is 2.27. The normalized spacial score (nSPS) is 11.2. The Labute approximate surface area is 112 Å². The van der Waals surface area contributed by atoms with Gasteiger partial charge in [0.05, 0.1) is 13.7 Å². The molecule has 0 aliphatic heterocycles. The van der Waals surface area contributed by atoms with E-state index >= 15 is 0 Å². The average molecular weight is 294 g/mol.